The molecule has 0 fully saturated rings. The predicted molar refractivity (Wildman–Crippen MR) is 61.9 cm³/mol. The third kappa shape index (κ3) is 3.89. The number of hydrogen-bond donors (Lipinski definition) is 2. The number of carbonyl (C=O) groups excluding carboxylic acids is 2. The van der Waals surface area contributed by atoms with Gasteiger partial charge in [-0.15, -0.1) is 0 Å². The first-order valence-electron chi connectivity index (χ1n) is 5.18. The monoisotopic (exact) mass is 251 g/mol. The number of rotatable bonds is 4. The van der Waals surface area contributed by atoms with E-state index < -0.39 is 23.9 Å². The topological polar surface area (TPSA) is 92.7 Å². The molecule has 96 valence electrons. The number of amides is 1. The van der Waals surface area contributed by atoms with Crippen molar-refractivity contribution in [1.82, 2.24) is 5.32 Å². The zero-order valence-electron chi connectivity index (χ0n) is 9.97. The van der Waals surface area contributed by atoms with Crippen LogP contribution in [0.5, 0.6) is 5.75 Å². The third-order valence-electron chi connectivity index (χ3n) is 2.07. The van der Waals surface area contributed by atoms with E-state index in [0.29, 0.717) is 11.3 Å². The standard InChI is InChI=1S/C12H13NO5/c1-7(14)13-11(12(16)17)9-3-5-10(6-4-9)18-8(2)15/h3-6,11H,1-2H3,(H,13,14)(H,16,17)/t11-/m1/s1. The van der Waals surface area contributed by atoms with E-state index in [1.807, 2.05) is 0 Å². The van der Waals surface area contributed by atoms with E-state index >= 15 is 0 Å². The number of carboxylic acid groups (broad SMARTS) is 1. The lowest BCUT2D eigenvalue weighted by molar-refractivity contribution is -0.141. The van der Waals surface area contributed by atoms with Gasteiger partial charge in [-0.25, -0.2) is 4.79 Å². The van der Waals surface area contributed by atoms with Crippen molar-refractivity contribution in [3.63, 3.8) is 0 Å². The predicted octanol–water partition coefficient (Wildman–Crippen LogP) is 0.874. The molecule has 1 aromatic rings. The Bertz CT molecular complexity index is 466. The first-order valence-corrected chi connectivity index (χ1v) is 5.18. The summed E-state index contributed by atoms with van der Waals surface area (Å²) in [5.41, 5.74) is 0.397. The van der Waals surface area contributed by atoms with Crippen molar-refractivity contribution in [2.24, 2.45) is 0 Å². The molecule has 1 atom stereocenters. The van der Waals surface area contributed by atoms with Crippen molar-refractivity contribution in [3.8, 4) is 5.75 Å². The molecule has 0 aromatic heterocycles. The molecule has 2 N–H and O–H groups in total. The van der Waals surface area contributed by atoms with Crippen LogP contribution in [0.15, 0.2) is 24.3 Å². The Hall–Kier alpha value is -2.37. The quantitative estimate of drug-likeness (QED) is 0.612. The van der Waals surface area contributed by atoms with Crippen LogP contribution in [0, 0.1) is 0 Å². The van der Waals surface area contributed by atoms with Gasteiger partial charge >= 0.3 is 11.9 Å². The summed E-state index contributed by atoms with van der Waals surface area (Å²) in [4.78, 5) is 32.6. The molecule has 0 saturated carbocycles. The summed E-state index contributed by atoms with van der Waals surface area (Å²) in [6.45, 7) is 2.51. The molecule has 0 radical (unpaired) electrons. The lowest BCUT2D eigenvalue weighted by Crippen LogP contribution is -2.31. The zero-order valence-corrected chi connectivity index (χ0v) is 9.97. The molecule has 6 nitrogen and oxygen atoms in total. The van der Waals surface area contributed by atoms with Crippen LogP contribution >= 0.6 is 0 Å². The minimum Gasteiger partial charge on any atom is -0.479 e. The summed E-state index contributed by atoms with van der Waals surface area (Å²) in [5.74, 6) is -1.74. The Morgan fingerprint density at radius 1 is 1.17 bits per heavy atom. The van der Waals surface area contributed by atoms with E-state index in [2.05, 4.69) is 5.32 Å². The van der Waals surface area contributed by atoms with E-state index in [1.54, 1.807) is 0 Å². The summed E-state index contributed by atoms with van der Waals surface area (Å²) in [7, 11) is 0. The highest BCUT2D eigenvalue weighted by Crippen LogP contribution is 2.18. The molecule has 0 saturated heterocycles. The molecule has 1 rings (SSSR count). The average molecular weight is 251 g/mol. The van der Waals surface area contributed by atoms with Gasteiger partial charge in [0.25, 0.3) is 0 Å². The van der Waals surface area contributed by atoms with Gasteiger partial charge in [0, 0.05) is 13.8 Å². The lowest BCUT2D eigenvalue weighted by Gasteiger charge is -2.13. The fraction of sp³-hybridized carbons (Fsp3) is 0.250. The lowest BCUT2D eigenvalue weighted by atomic mass is 10.1. The molecule has 0 unspecified atom stereocenters. The van der Waals surface area contributed by atoms with Crippen LogP contribution < -0.4 is 10.1 Å². The van der Waals surface area contributed by atoms with Crippen LogP contribution in [-0.2, 0) is 14.4 Å². The fourth-order valence-corrected chi connectivity index (χ4v) is 1.39. The maximum Gasteiger partial charge on any atom is 0.330 e. The number of nitrogens with one attached hydrogen (secondary N) is 1. The average Bonchev–Trinajstić information content (AvgIpc) is 2.26. The fourth-order valence-electron chi connectivity index (χ4n) is 1.39. The third-order valence-corrected chi connectivity index (χ3v) is 2.07. The molecule has 0 aliphatic carbocycles. The van der Waals surface area contributed by atoms with Crippen LogP contribution in [0.1, 0.15) is 25.5 Å². The SMILES string of the molecule is CC(=O)N[C@@H](C(=O)O)c1ccc(OC(C)=O)cc1. The Kier molecular flexibility index (Phi) is 4.42. The van der Waals surface area contributed by atoms with Gasteiger partial charge in [-0.05, 0) is 17.7 Å². The van der Waals surface area contributed by atoms with Crippen LogP contribution in [0.3, 0.4) is 0 Å². The summed E-state index contributed by atoms with van der Waals surface area (Å²) in [6.07, 6.45) is 0. The molecule has 18 heavy (non-hydrogen) atoms. The van der Waals surface area contributed by atoms with Gasteiger partial charge in [0.1, 0.15) is 5.75 Å². The first kappa shape index (κ1) is 13.7. The second-order valence-electron chi connectivity index (χ2n) is 3.63. The van der Waals surface area contributed by atoms with E-state index in [9.17, 15) is 14.4 Å². The minimum absolute atomic E-state index is 0.318. The normalized spacial score (nSPS) is 11.4. The molecular weight excluding hydrogens is 238 g/mol. The highest BCUT2D eigenvalue weighted by Gasteiger charge is 2.20. The van der Waals surface area contributed by atoms with Gasteiger partial charge in [0.05, 0.1) is 0 Å². The van der Waals surface area contributed by atoms with E-state index in [1.165, 1.54) is 38.1 Å². The van der Waals surface area contributed by atoms with Crippen molar-refractivity contribution >= 4 is 17.8 Å². The van der Waals surface area contributed by atoms with Gasteiger partial charge in [0.15, 0.2) is 6.04 Å². The molecule has 0 aliphatic rings. The molecule has 6 heteroatoms. The van der Waals surface area contributed by atoms with Gasteiger partial charge in [-0.1, -0.05) is 12.1 Å². The van der Waals surface area contributed by atoms with Gasteiger partial charge in [-0.3, -0.25) is 9.59 Å². The van der Waals surface area contributed by atoms with Crippen LogP contribution in [-0.4, -0.2) is 23.0 Å². The number of benzene rings is 1. The van der Waals surface area contributed by atoms with E-state index in [0.717, 1.165) is 0 Å². The van der Waals surface area contributed by atoms with E-state index in [-0.39, 0.29) is 0 Å². The molecule has 1 aromatic carbocycles. The number of aliphatic carboxylic acids is 1. The second kappa shape index (κ2) is 5.81. The van der Waals surface area contributed by atoms with Crippen molar-refractivity contribution in [2.75, 3.05) is 0 Å². The summed E-state index contributed by atoms with van der Waals surface area (Å²) < 4.78 is 4.82. The van der Waals surface area contributed by atoms with Crippen molar-refractivity contribution in [1.29, 1.82) is 0 Å². The van der Waals surface area contributed by atoms with Gasteiger partial charge in [0.2, 0.25) is 5.91 Å². The number of carboxylic acids is 1. The summed E-state index contributed by atoms with van der Waals surface area (Å²) in [6, 6.07) is 4.78. The largest absolute Gasteiger partial charge is 0.479 e. The molecule has 0 spiro atoms. The zero-order chi connectivity index (χ0) is 13.7. The first-order chi connectivity index (χ1) is 8.40. The second-order valence-corrected chi connectivity index (χ2v) is 3.63. The summed E-state index contributed by atoms with van der Waals surface area (Å²) >= 11 is 0. The van der Waals surface area contributed by atoms with Gasteiger partial charge in [-0.2, -0.15) is 0 Å². The number of ether oxygens (including phenoxy) is 1. The van der Waals surface area contributed by atoms with Gasteiger partial charge < -0.3 is 15.2 Å². The summed E-state index contributed by atoms with van der Waals surface area (Å²) in [5, 5.41) is 11.3. The van der Waals surface area contributed by atoms with Crippen molar-refractivity contribution < 1.29 is 24.2 Å². The van der Waals surface area contributed by atoms with Crippen molar-refractivity contribution in [3.05, 3.63) is 29.8 Å². The highest BCUT2D eigenvalue weighted by atomic mass is 16.5. The minimum atomic E-state index is -1.16. The number of carbonyl (C=O) groups is 3. The van der Waals surface area contributed by atoms with Crippen LogP contribution in [0.2, 0.25) is 0 Å². The molecule has 1 amide bonds. The Morgan fingerprint density at radius 3 is 2.11 bits per heavy atom. The Morgan fingerprint density at radius 2 is 1.72 bits per heavy atom. The molecule has 0 heterocycles. The number of hydrogen-bond acceptors (Lipinski definition) is 4. The number of esters is 1. The maximum absolute atomic E-state index is 11.0. The Balaban J connectivity index is 2.90. The molecular formula is C12H13NO5. The van der Waals surface area contributed by atoms with Crippen LogP contribution in [0.4, 0.5) is 0 Å². The van der Waals surface area contributed by atoms with E-state index in [4.69, 9.17) is 9.84 Å². The molecule has 0 bridgehead atoms. The van der Waals surface area contributed by atoms with Crippen LogP contribution in [0.25, 0.3) is 0 Å². The smallest absolute Gasteiger partial charge is 0.330 e. The maximum atomic E-state index is 11.0. The highest BCUT2D eigenvalue weighted by molar-refractivity contribution is 5.83. The Labute approximate surface area is 104 Å². The molecule has 0 aliphatic heterocycles. The van der Waals surface area contributed by atoms with Crippen molar-refractivity contribution in [2.45, 2.75) is 19.9 Å².